The molecule has 0 bridgehead atoms. The van der Waals surface area contributed by atoms with Gasteiger partial charge in [-0.25, -0.2) is 8.42 Å². The van der Waals surface area contributed by atoms with Crippen LogP contribution in [0.4, 0.5) is 5.69 Å². The van der Waals surface area contributed by atoms with Gasteiger partial charge in [-0.05, 0) is 54.4 Å². The molecule has 0 saturated carbocycles. The molecular weight excluding hydrogens is 617 g/mol. The normalized spacial score (nSPS) is 15.1. The predicted molar refractivity (Wildman–Crippen MR) is 168 cm³/mol. The first-order chi connectivity index (χ1) is 21.9. The SMILES string of the molecule is COc1ccccc1-n1c(CNC(=O)c2ccc(S(=O)(=O)N3CCOCC3)cc2)nnc1SCC(=O)N1CCc2ccccc21. The summed E-state index contributed by atoms with van der Waals surface area (Å²) in [7, 11) is -2.11. The Hall–Kier alpha value is -4.24. The Morgan fingerprint density at radius 1 is 0.933 bits per heavy atom. The van der Waals surface area contributed by atoms with Crippen LogP contribution in [0.15, 0.2) is 82.8 Å². The van der Waals surface area contributed by atoms with Gasteiger partial charge in [0.05, 0.1) is 43.2 Å². The monoisotopic (exact) mass is 648 g/mol. The van der Waals surface area contributed by atoms with E-state index in [1.165, 1.54) is 40.3 Å². The lowest BCUT2D eigenvalue weighted by molar-refractivity contribution is -0.116. The van der Waals surface area contributed by atoms with Gasteiger partial charge in [-0.1, -0.05) is 42.1 Å². The third-order valence-electron chi connectivity index (χ3n) is 7.67. The minimum absolute atomic E-state index is 0.0196. The quantitative estimate of drug-likeness (QED) is 0.258. The summed E-state index contributed by atoms with van der Waals surface area (Å²) in [5, 5.41) is 12.0. The van der Waals surface area contributed by atoms with Crippen LogP contribution >= 0.6 is 11.8 Å². The number of anilines is 1. The average Bonchev–Trinajstić information content (AvgIpc) is 3.71. The van der Waals surface area contributed by atoms with Crippen LogP contribution in [0.5, 0.6) is 5.75 Å². The number of amides is 2. The van der Waals surface area contributed by atoms with Crippen molar-refractivity contribution < 1.29 is 27.5 Å². The predicted octanol–water partition coefficient (Wildman–Crippen LogP) is 2.91. The first-order valence-electron chi connectivity index (χ1n) is 14.4. The van der Waals surface area contributed by atoms with Gasteiger partial charge in [-0.15, -0.1) is 10.2 Å². The van der Waals surface area contributed by atoms with Gasteiger partial charge >= 0.3 is 0 Å². The molecule has 2 aliphatic heterocycles. The largest absolute Gasteiger partial charge is 0.495 e. The summed E-state index contributed by atoms with van der Waals surface area (Å²) in [5.41, 5.74) is 3.04. The Bertz CT molecular complexity index is 1810. The van der Waals surface area contributed by atoms with Crippen molar-refractivity contribution in [1.82, 2.24) is 24.4 Å². The lowest BCUT2D eigenvalue weighted by atomic mass is 10.2. The van der Waals surface area contributed by atoms with E-state index >= 15 is 0 Å². The number of fused-ring (bicyclic) bond motifs is 1. The maximum absolute atomic E-state index is 13.2. The third-order valence-corrected chi connectivity index (χ3v) is 10.5. The number of thioether (sulfide) groups is 1. The van der Waals surface area contributed by atoms with Gasteiger partial charge < -0.3 is 19.7 Å². The Balaban J connectivity index is 1.18. The number of benzene rings is 3. The molecule has 1 fully saturated rings. The average molecular weight is 649 g/mol. The zero-order valence-electron chi connectivity index (χ0n) is 24.6. The van der Waals surface area contributed by atoms with Crippen LogP contribution in [-0.2, 0) is 32.5 Å². The van der Waals surface area contributed by atoms with Gasteiger partial charge in [0.15, 0.2) is 11.0 Å². The van der Waals surface area contributed by atoms with Crippen molar-refractivity contribution in [3.05, 3.63) is 89.7 Å². The number of nitrogens with one attached hydrogen (secondary N) is 1. The van der Waals surface area contributed by atoms with E-state index in [0.717, 1.165) is 17.7 Å². The molecular formula is C31H32N6O6S2. The molecule has 234 valence electrons. The van der Waals surface area contributed by atoms with Gasteiger partial charge in [0.1, 0.15) is 5.75 Å². The van der Waals surface area contributed by atoms with Crippen LogP contribution in [0.3, 0.4) is 0 Å². The fourth-order valence-corrected chi connectivity index (χ4v) is 7.59. The van der Waals surface area contributed by atoms with E-state index in [1.807, 2.05) is 48.5 Å². The van der Waals surface area contributed by atoms with E-state index in [1.54, 1.807) is 16.6 Å². The summed E-state index contributed by atoms with van der Waals surface area (Å²) in [5.74, 6) is 0.711. The maximum atomic E-state index is 13.2. The zero-order valence-corrected chi connectivity index (χ0v) is 26.2. The first-order valence-corrected chi connectivity index (χ1v) is 16.8. The molecule has 0 aliphatic carbocycles. The summed E-state index contributed by atoms with van der Waals surface area (Å²) >= 11 is 1.26. The first kappa shape index (κ1) is 30.8. The highest BCUT2D eigenvalue weighted by atomic mass is 32.2. The molecule has 2 aliphatic rings. The van der Waals surface area contributed by atoms with Gasteiger partial charge in [-0.2, -0.15) is 4.31 Å². The number of carbonyl (C=O) groups is 2. The number of methoxy groups -OCH3 is 1. The topological polar surface area (TPSA) is 136 Å². The van der Waals surface area contributed by atoms with Crippen LogP contribution < -0.4 is 15.0 Å². The van der Waals surface area contributed by atoms with Crippen molar-refractivity contribution >= 4 is 39.3 Å². The Labute approximate surface area is 265 Å². The molecule has 2 amide bonds. The molecule has 12 nitrogen and oxygen atoms in total. The molecule has 1 N–H and O–H groups in total. The smallest absolute Gasteiger partial charge is 0.251 e. The van der Waals surface area contributed by atoms with E-state index < -0.39 is 15.9 Å². The number of para-hydroxylation sites is 3. The second-order valence-electron chi connectivity index (χ2n) is 10.3. The highest BCUT2D eigenvalue weighted by molar-refractivity contribution is 7.99. The summed E-state index contributed by atoms with van der Waals surface area (Å²) in [6.07, 6.45) is 0.820. The van der Waals surface area contributed by atoms with Gasteiger partial charge in [0, 0.05) is 30.9 Å². The van der Waals surface area contributed by atoms with E-state index in [2.05, 4.69) is 15.5 Å². The number of aromatic nitrogens is 3. The summed E-state index contributed by atoms with van der Waals surface area (Å²) in [6.45, 7) is 1.93. The number of rotatable bonds is 10. The summed E-state index contributed by atoms with van der Waals surface area (Å²) in [6, 6.07) is 21.1. The summed E-state index contributed by atoms with van der Waals surface area (Å²) in [4.78, 5) is 28.2. The molecule has 6 rings (SSSR count). The molecule has 0 spiro atoms. The minimum atomic E-state index is -3.67. The van der Waals surface area contributed by atoms with Gasteiger partial charge in [0.25, 0.3) is 5.91 Å². The molecule has 14 heteroatoms. The molecule has 1 aromatic heterocycles. The van der Waals surface area contributed by atoms with E-state index in [0.29, 0.717) is 47.7 Å². The Morgan fingerprint density at radius 2 is 1.64 bits per heavy atom. The maximum Gasteiger partial charge on any atom is 0.251 e. The molecule has 3 heterocycles. The number of hydrogen-bond donors (Lipinski definition) is 1. The molecule has 45 heavy (non-hydrogen) atoms. The molecule has 0 atom stereocenters. The van der Waals surface area contributed by atoms with Crippen molar-refractivity contribution in [3.63, 3.8) is 0 Å². The van der Waals surface area contributed by atoms with E-state index in [4.69, 9.17) is 9.47 Å². The second kappa shape index (κ2) is 13.4. The third kappa shape index (κ3) is 6.45. The number of ether oxygens (including phenoxy) is 2. The highest BCUT2D eigenvalue weighted by Crippen LogP contribution is 2.31. The van der Waals surface area contributed by atoms with Crippen LogP contribution in [-0.4, -0.2) is 85.0 Å². The van der Waals surface area contributed by atoms with E-state index in [-0.39, 0.29) is 36.2 Å². The molecule has 1 saturated heterocycles. The minimum Gasteiger partial charge on any atom is -0.495 e. The second-order valence-corrected chi connectivity index (χ2v) is 13.2. The number of sulfonamides is 1. The van der Waals surface area contributed by atoms with Gasteiger partial charge in [-0.3, -0.25) is 14.2 Å². The van der Waals surface area contributed by atoms with Crippen LogP contribution in [0.25, 0.3) is 5.69 Å². The van der Waals surface area contributed by atoms with Crippen molar-refractivity contribution in [2.45, 2.75) is 23.0 Å². The summed E-state index contributed by atoms with van der Waals surface area (Å²) < 4.78 is 39.9. The van der Waals surface area contributed by atoms with Crippen LogP contribution in [0.2, 0.25) is 0 Å². The lowest BCUT2D eigenvalue weighted by Crippen LogP contribution is -2.40. The number of morpholine rings is 1. The fourth-order valence-electron chi connectivity index (χ4n) is 5.34. The van der Waals surface area contributed by atoms with Crippen molar-refractivity contribution in [1.29, 1.82) is 0 Å². The Kier molecular flexibility index (Phi) is 9.16. The highest BCUT2D eigenvalue weighted by Gasteiger charge is 2.27. The van der Waals surface area contributed by atoms with Crippen LogP contribution in [0.1, 0.15) is 21.7 Å². The zero-order chi connectivity index (χ0) is 31.4. The number of carbonyl (C=O) groups excluding carboxylic acids is 2. The molecule has 0 unspecified atom stereocenters. The fraction of sp³-hybridized carbons (Fsp3) is 0.290. The van der Waals surface area contributed by atoms with Gasteiger partial charge in [0.2, 0.25) is 15.9 Å². The molecule has 4 aromatic rings. The molecule has 0 radical (unpaired) electrons. The van der Waals surface area contributed by atoms with E-state index in [9.17, 15) is 18.0 Å². The number of hydrogen-bond acceptors (Lipinski definition) is 9. The van der Waals surface area contributed by atoms with Crippen molar-refractivity contribution in [2.24, 2.45) is 0 Å². The van der Waals surface area contributed by atoms with Crippen molar-refractivity contribution in [3.8, 4) is 11.4 Å². The molecule has 3 aromatic carbocycles. The standard InChI is InChI=1S/C31H32N6O6S2/c1-42-27-9-5-4-8-26(27)37-28(33-34-31(37)44-21-29(38)36-15-14-22-6-2-3-7-25(22)36)20-32-30(39)23-10-12-24(13-11-23)45(40,41)35-16-18-43-19-17-35/h2-13H,14-21H2,1H3,(H,32,39). The number of nitrogens with zero attached hydrogens (tertiary/aromatic N) is 5. The Morgan fingerprint density at radius 3 is 2.40 bits per heavy atom. The van der Waals surface area contributed by atoms with Crippen molar-refractivity contribution in [2.75, 3.05) is 50.6 Å². The van der Waals surface area contributed by atoms with Crippen LogP contribution in [0, 0.1) is 0 Å². The lowest BCUT2D eigenvalue weighted by Gasteiger charge is -2.26.